The molecule has 0 N–H and O–H groups in total. The third-order valence-corrected chi connectivity index (χ3v) is 6.67. The zero-order chi connectivity index (χ0) is 25.4. The van der Waals surface area contributed by atoms with Crippen LogP contribution < -0.4 is 4.74 Å². The Morgan fingerprint density at radius 1 is 0.667 bits per heavy atom. The molecule has 3 aromatic rings. The average Bonchev–Trinajstić information content (AvgIpc) is 2.93. The van der Waals surface area contributed by atoms with Gasteiger partial charge in [0.25, 0.3) is 0 Å². The van der Waals surface area contributed by atoms with Gasteiger partial charge in [-0.3, -0.25) is 0 Å². The molecule has 3 nitrogen and oxygen atoms in total. The number of ether oxygens (including phenoxy) is 1. The maximum atomic E-state index is 13.8. The van der Waals surface area contributed by atoms with E-state index in [9.17, 15) is 4.39 Å². The molecule has 0 spiro atoms. The van der Waals surface area contributed by atoms with E-state index in [0.29, 0.717) is 18.0 Å². The minimum atomic E-state index is -0.917. The van der Waals surface area contributed by atoms with E-state index in [0.717, 1.165) is 36.0 Å². The maximum absolute atomic E-state index is 13.8. The molecule has 0 amide bonds. The molecule has 0 radical (unpaired) electrons. The number of rotatable bonds is 17. The molecule has 0 aliphatic carbocycles. The second kappa shape index (κ2) is 16.1. The smallest absolute Gasteiger partial charge is 0.159 e. The topological polar surface area (TPSA) is 35.0 Å². The van der Waals surface area contributed by atoms with Crippen LogP contribution in [0.5, 0.6) is 5.75 Å². The number of benzene rings is 2. The summed E-state index contributed by atoms with van der Waals surface area (Å²) in [4.78, 5) is 9.14. The van der Waals surface area contributed by atoms with Crippen molar-refractivity contribution in [2.45, 2.75) is 97.1 Å². The minimum absolute atomic E-state index is 0.0997. The van der Waals surface area contributed by atoms with Gasteiger partial charge in [-0.05, 0) is 54.7 Å². The molecule has 0 aliphatic heterocycles. The minimum Gasteiger partial charge on any atom is -0.491 e. The van der Waals surface area contributed by atoms with Crippen LogP contribution in [0, 0.1) is 0 Å². The summed E-state index contributed by atoms with van der Waals surface area (Å²) in [5, 5.41) is 0. The number of unbranched alkanes of at least 4 members (excludes halogenated alkanes) is 8. The number of halogens is 1. The van der Waals surface area contributed by atoms with Crippen LogP contribution >= 0.6 is 0 Å². The first-order valence-corrected chi connectivity index (χ1v) is 14.0. The van der Waals surface area contributed by atoms with E-state index in [1.807, 2.05) is 36.7 Å². The van der Waals surface area contributed by atoms with Gasteiger partial charge in [0.15, 0.2) is 5.82 Å². The zero-order valence-corrected chi connectivity index (χ0v) is 22.2. The Morgan fingerprint density at radius 2 is 1.25 bits per heavy atom. The lowest BCUT2D eigenvalue weighted by atomic mass is 10.0. The molecule has 0 saturated heterocycles. The van der Waals surface area contributed by atoms with Crippen molar-refractivity contribution < 1.29 is 9.13 Å². The van der Waals surface area contributed by atoms with Gasteiger partial charge in [0, 0.05) is 23.5 Å². The van der Waals surface area contributed by atoms with Gasteiger partial charge in [-0.1, -0.05) is 95.9 Å². The highest BCUT2D eigenvalue weighted by atomic mass is 19.1. The van der Waals surface area contributed by atoms with Gasteiger partial charge < -0.3 is 4.74 Å². The number of aromatic nitrogens is 2. The molecular formula is C32H43FN2O. The van der Waals surface area contributed by atoms with E-state index < -0.39 is 6.17 Å². The molecule has 1 atom stereocenters. The van der Waals surface area contributed by atoms with Gasteiger partial charge in [0.05, 0.1) is 0 Å². The molecule has 1 heterocycles. The van der Waals surface area contributed by atoms with Gasteiger partial charge in [-0.15, -0.1) is 0 Å². The lowest BCUT2D eigenvalue weighted by molar-refractivity contribution is 0.184. The maximum Gasteiger partial charge on any atom is 0.159 e. The van der Waals surface area contributed by atoms with Crippen molar-refractivity contribution in [3.63, 3.8) is 0 Å². The van der Waals surface area contributed by atoms with Crippen LogP contribution in [0.3, 0.4) is 0 Å². The summed E-state index contributed by atoms with van der Waals surface area (Å²) in [5.41, 5.74) is 4.46. The molecule has 4 heteroatoms. The summed E-state index contributed by atoms with van der Waals surface area (Å²) in [7, 11) is 0. The largest absolute Gasteiger partial charge is 0.491 e. The predicted octanol–water partition coefficient (Wildman–Crippen LogP) is 9.40. The van der Waals surface area contributed by atoms with Crippen LogP contribution in [-0.4, -0.2) is 22.7 Å². The first-order valence-electron chi connectivity index (χ1n) is 14.0. The highest BCUT2D eigenvalue weighted by molar-refractivity contribution is 5.64. The first kappa shape index (κ1) is 27.8. The van der Waals surface area contributed by atoms with Gasteiger partial charge in [-0.25, -0.2) is 14.4 Å². The summed E-state index contributed by atoms with van der Waals surface area (Å²) in [6.07, 6.45) is 17.2. The van der Waals surface area contributed by atoms with Crippen LogP contribution in [0.15, 0.2) is 60.9 Å². The molecule has 3 rings (SSSR count). The first-order chi connectivity index (χ1) is 17.7. The Labute approximate surface area is 217 Å². The summed E-state index contributed by atoms with van der Waals surface area (Å²) >= 11 is 0. The second-order valence-electron chi connectivity index (χ2n) is 9.79. The summed E-state index contributed by atoms with van der Waals surface area (Å²) in [5.74, 6) is 1.34. The Balaban J connectivity index is 1.44. The molecule has 0 aliphatic rings. The van der Waals surface area contributed by atoms with E-state index in [-0.39, 0.29) is 6.61 Å². The van der Waals surface area contributed by atoms with Crippen molar-refractivity contribution in [1.29, 1.82) is 0 Å². The van der Waals surface area contributed by atoms with Crippen LogP contribution in [0.1, 0.15) is 90.0 Å². The molecule has 36 heavy (non-hydrogen) atoms. The third kappa shape index (κ3) is 9.72. The summed E-state index contributed by atoms with van der Waals surface area (Å²) in [6.45, 7) is 4.43. The third-order valence-electron chi connectivity index (χ3n) is 6.67. The van der Waals surface area contributed by atoms with Gasteiger partial charge in [-0.2, -0.15) is 0 Å². The highest BCUT2D eigenvalue weighted by Gasteiger charge is 2.08. The number of aryl methyl sites for hydroxylation is 1. The van der Waals surface area contributed by atoms with Crippen LogP contribution in [0.4, 0.5) is 4.39 Å². The molecule has 194 valence electrons. The second-order valence-corrected chi connectivity index (χ2v) is 9.79. The molecule has 0 saturated carbocycles. The Morgan fingerprint density at radius 3 is 1.89 bits per heavy atom. The quantitative estimate of drug-likeness (QED) is 0.177. The normalized spacial score (nSPS) is 12.0. The standard InChI is InChI=1S/C32H43FN2O/c1-3-5-7-8-9-10-11-12-13-26-15-17-27(18-16-26)29-23-34-32(35-24-29)28-19-21-31(22-20-28)36-25-30(33)14-6-4-2/h15-24,30H,3-14,25H2,1-2H3. The number of hydrogen-bond acceptors (Lipinski definition) is 3. The zero-order valence-electron chi connectivity index (χ0n) is 22.2. The van der Waals surface area contributed by atoms with E-state index >= 15 is 0 Å². The van der Waals surface area contributed by atoms with E-state index in [2.05, 4.69) is 48.1 Å². The summed E-state index contributed by atoms with van der Waals surface area (Å²) in [6, 6.07) is 16.3. The number of hydrogen-bond donors (Lipinski definition) is 0. The number of alkyl halides is 1. The van der Waals surface area contributed by atoms with Crippen LogP contribution in [0.25, 0.3) is 22.5 Å². The molecular weight excluding hydrogens is 447 g/mol. The van der Waals surface area contributed by atoms with Crippen molar-refractivity contribution in [1.82, 2.24) is 9.97 Å². The van der Waals surface area contributed by atoms with Crippen molar-refractivity contribution >= 4 is 0 Å². The fourth-order valence-electron chi connectivity index (χ4n) is 4.35. The highest BCUT2D eigenvalue weighted by Crippen LogP contribution is 2.23. The molecule has 2 aromatic carbocycles. The SMILES string of the molecule is CCCCCCCCCCc1ccc(-c2cnc(-c3ccc(OCC(F)CCCC)cc3)nc2)cc1. The Bertz CT molecular complexity index is 971. The van der Waals surface area contributed by atoms with Crippen molar-refractivity contribution in [2.24, 2.45) is 0 Å². The summed E-state index contributed by atoms with van der Waals surface area (Å²) < 4.78 is 19.4. The van der Waals surface area contributed by atoms with Crippen molar-refractivity contribution in [3.05, 3.63) is 66.5 Å². The molecule has 0 bridgehead atoms. The molecule has 1 unspecified atom stereocenters. The fourth-order valence-corrected chi connectivity index (χ4v) is 4.35. The molecule has 0 fully saturated rings. The lowest BCUT2D eigenvalue weighted by Crippen LogP contribution is -2.12. The lowest BCUT2D eigenvalue weighted by Gasteiger charge is -2.10. The Kier molecular flexibility index (Phi) is 12.4. The van der Waals surface area contributed by atoms with E-state index in [4.69, 9.17) is 4.74 Å². The van der Waals surface area contributed by atoms with Crippen LogP contribution in [-0.2, 0) is 6.42 Å². The Hall–Kier alpha value is -2.75. The average molecular weight is 491 g/mol. The van der Waals surface area contributed by atoms with Gasteiger partial charge in [0.2, 0.25) is 0 Å². The fraction of sp³-hybridized carbons (Fsp3) is 0.500. The number of nitrogens with zero attached hydrogens (tertiary/aromatic N) is 2. The van der Waals surface area contributed by atoms with Gasteiger partial charge >= 0.3 is 0 Å². The monoisotopic (exact) mass is 490 g/mol. The van der Waals surface area contributed by atoms with Crippen LogP contribution in [0.2, 0.25) is 0 Å². The van der Waals surface area contributed by atoms with E-state index in [1.54, 1.807) is 0 Å². The van der Waals surface area contributed by atoms with Crippen molar-refractivity contribution in [3.8, 4) is 28.3 Å². The molecule has 1 aromatic heterocycles. The van der Waals surface area contributed by atoms with E-state index in [1.165, 1.54) is 56.9 Å². The predicted molar refractivity (Wildman–Crippen MR) is 149 cm³/mol. The van der Waals surface area contributed by atoms with Crippen molar-refractivity contribution in [2.75, 3.05) is 6.61 Å². The van der Waals surface area contributed by atoms with Gasteiger partial charge in [0.1, 0.15) is 18.5 Å².